The van der Waals surface area contributed by atoms with Crippen LogP contribution >= 0.6 is 0 Å². The number of benzene rings is 1. The molecule has 2 rings (SSSR count). The molecule has 0 amide bonds. The SMILES string of the molecule is N#Cc1ccc([C@@H](N2CCNCC2)C(F)(F)F)cc1. The summed E-state index contributed by atoms with van der Waals surface area (Å²) in [5.74, 6) is 0. The fourth-order valence-electron chi connectivity index (χ4n) is 2.29. The van der Waals surface area contributed by atoms with E-state index in [0.717, 1.165) is 0 Å². The minimum atomic E-state index is -4.31. The van der Waals surface area contributed by atoms with Crippen LogP contribution in [0.5, 0.6) is 0 Å². The molecule has 1 atom stereocenters. The molecule has 0 bridgehead atoms. The van der Waals surface area contributed by atoms with Crippen molar-refractivity contribution in [2.75, 3.05) is 26.2 Å². The Balaban J connectivity index is 2.28. The van der Waals surface area contributed by atoms with Crippen LogP contribution in [0.1, 0.15) is 17.2 Å². The molecule has 0 saturated carbocycles. The van der Waals surface area contributed by atoms with Crippen LogP contribution in [0.4, 0.5) is 13.2 Å². The minimum Gasteiger partial charge on any atom is -0.314 e. The lowest BCUT2D eigenvalue weighted by molar-refractivity contribution is -0.187. The van der Waals surface area contributed by atoms with E-state index in [4.69, 9.17) is 5.26 Å². The molecule has 1 N–H and O–H groups in total. The summed E-state index contributed by atoms with van der Waals surface area (Å²) in [4.78, 5) is 1.43. The Kier molecular flexibility index (Phi) is 4.08. The maximum Gasteiger partial charge on any atom is 0.408 e. The van der Waals surface area contributed by atoms with Crippen molar-refractivity contribution >= 4 is 0 Å². The molecule has 0 unspecified atom stereocenters. The summed E-state index contributed by atoms with van der Waals surface area (Å²) in [7, 11) is 0. The lowest BCUT2D eigenvalue weighted by Crippen LogP contribution is -2.49. The van der Waals surface area contributed by atoms with Gasteiger partial charge in [0, 0.05) is 26.2 Å². The van der Waals surface area contributed by atoms with Crippen molar-refractivity contribution in [1.29, 1.82) is 5.26 Å². The lowest BCUT2D eigenvalue weighted by Gasteiger charge is -2.36. The van der Waals surface area contributed by atoms with Crippen molar-refractivity contribution < 1.29 is 13.2 Å². The van der Waals surface area contributed by atoms with E-state index < -0.39 is 12.2 Å². The van der Waals surface area contributed by atoms with Gasteiger partial charge in [-0.15, -0.1) is 0 Å². The highest BCUT2D eigenvalue weighted by atomic mass is 19.4. The Morgan fingerprint density at radius 3 is 2.21 bits per heavy atom. The van der Waals surface area contributed by atoms with Crippen LogP contribution in [0.15, 0.2) is 24.3 Å². The minimum absolute atomic E-state index is 0.188. The van der Waals surface area contributed by atoms with Crippen LogP contribution in [0.2, 0.25) is 0 Å². The van der Waals surface area contributed by atoms with E-state index in [1.54, 1.807) is 0 Å². The number of nitrogens with zero attached hydrogens (tertiary/aromatic N) is 2. The third-order valence-corrected chi connectivity index (χ3v) is 3.18. The molecule has 6 heteroatoms. The Morgan fingerprint density at radius 2 is 1.74 bits per heavy atom. The summed E-state index contributed by atoms with van der Waals surface area (Å²) in [5, 5.41) is 11.7. The maximum atomic E-state index is 13.2. The van der Waals surface area contributed by atoms with E-state index in [9.17, 15) is 13.2 Å². The predicted octanol–water partition coefficient (Wildman–Crippen LogP) is 2.07. The lowest BCUT2D eigenvalue weighted by atomic mass is 10.0. The van der Waals surface area contributed by atoms with Gasteiger partial charge in [0.25, 0.3) is 0 Å². The zero-order chi connectivity index (χ0) is 13.9. The maximum absolute atomic E-state index is 13.2. The normalized spacial score (nSPS) is 18.8. The molecule has 0 aliphatic carbocycles. The van der Waals surface area contributed by atoms with Crippen molar-refractivity contribution in [2.45, 2.75) is 12.2 Å². The Bertz CT molecular complexity index is 456. The Hall–Kier alpha value is -1.58. The van der Waals surface area contributed by atoms with Crippen LogP contribution < -0.4 is 5.32 Å². The molecular weight excluding hydrogens is 255 g/mol. The van der Waals surface area contributed by atoms with E-state index in [2.05, 4.69) is 5.32 Å². The standard InChI is InChI=1S/C13H14F3N3/c14-13(15,16)12(19-7-5-18-6-8-19)11-3-1-10(9-17)2-4-11/h1-4,12,18H,5-8H2/t12-/m1/s1. The number of piperazine rings is 1. The zero-order valence-corrected chi connectivity index (χ0v) is 10.2. The van der Waals surface area contributed by atoms with Gasteiger partial charge in [0.15, 0.2) is 0 Å². The molecule has 1 heterocycles. The first-order chi connectivity index (χ1) is 9.02. The quantitative estimate of drug-likeness (QED) is 0.893. The van der Waals surface area contributed by atoms with E-state index in [0.29, 0.717) is 31.7 Å². The summed E-state index contributed by atoms with van der Waals surface area (Å²) < 4.78 is 39.7. The van der Waals surface area contributed by atoms with Gasteiger partial charge in [-0.25, -0.2) is 0 Å². The van der Waals surface area contributed by atoms with Crippen molar-refractivity contribution in [3.05, 3.63) is 35.4 Å². The van der Waals surface area contributed by atoms with Gasteiger partial charge in [-0.2, -0.15) is 18.4 Å². The molecule has 102 valence electrons. The van der Waals surface area contributed by atoms with Gasteiger partial charge in [0.1, 0.15) is 6.04 Å². The topological polar surface area (TPSA) is 39.1 Å². The summed E-state index contributed by atoms with van der Waals surface area (Å²) in [6.07, 6.45) is -4.31. The monoisotopic (exact) mass is 269 g/mol. The second-order valence-corrected chi connectivity index (χ2v) is 4.46. The molecular formula is C13H14F3N3. The summed E-state index contributed by atoms with van der Waals surface area (Å²) in [5.41, 5.74) is 0.554. The van der Waals surface area contributed by atoms with Crippen LogP contribution in [0, 0.1) is 11.3 Å². The molecule has 1 saturated heterocycles. The highest BCUT2D eigenvalue weighted by Crippen LogP contribution is 2.37. The molecule has 1 aliphatic rings. The second-order valence-electron chi connectivity index (χ2n) is 4.46. The third-order valence-electron chi connectivity index (χ3n) is 3.18. The van der Waals surface area contributed by atoms with Crippen molar-refractivity contribution in [2.24, 2.45) is 0 Å². The zero-order valence-electron chi connectivity index (χ0n) is 10.2. The molecule has 0 spiro atoms. The van der Waals surface area contributed by atoms with Gasteiger partial charge in [-0.1, -0.05) is 12.1 Å². The van der Waals surface area contributed by atoms with Crippen molar-refractivity contribution in [3.8, 4) is 6.07 Å². The molecule has 0 aromatic heterocycles. The third kappa shape index (κ3) is 3.25. The smallest absolute Gasteiger partial charge is 0.314 e. The van der Waals surface area contributed by atoms with E-state index in [1.165, 1.54) is 29.2 Å². The van der Waals surface area contributed by atoms with Gasteiger partial charge < -0.3 is 5.32 Å². The summed E-state index contributed by atoms with van der Waals surface area (Å²) in [6, 6.07) is 5.94. The number of hydrogen-bond acceptors (Lipinski definition) is 3. The second kappa shape index (κ2) is 5.59. The van der Waals surface area contributed by atoms with Gasteiger partial charge in [-0.3, -0.25) is 4.90 Å². The van der Waals surface area contributed by atoms with E-state index in [1.807, 2.05) is 6.07 Å². The van der Waals surface area contributed by atoms with Gasteiger partial charge in [-0.05, 0) is 17.7 Å². The van der Waals surface area contributed by atoms with Crippen molar-refractivity contribution in [1.82, 2.24) is 10.2 Å². The average Bonchev–Trinajstić information content (AvgIpc) is 2.39. The molecule has 1 fully saturated rings. The predicted molar refractivity (Wildman–Crippen MR) is 64.4 cm³/mol. The molecule has 3 nitrogen and oxygen atoms in total. The average molecular weight is 269 g/mol. The Morgan fingerprint density at radius 1 is 1.16 bits per heavy atom. The van der Waals surface area contributed by atoms with E-state index >= 15 is 0 Å². The van der Waals surface area contributed by atoms with Gasteiger partial charge >= 0.3 is 6.18 Å². The van der Waals surface area contributed by atoms with Crippen LogP contribution in [0.25, 0.3) is 0 Å². The number of nitriles is 1. The highest BCUT2D eigenvalue weighted by molar-refractivity contribution is 5.33. The largest absolute Gasteiger partial charge is 0.408 e. The molecule has 19 heavy (non-hydrogen) atoms. The molecule has 1 aromatic rings. The molecule has 1 aromatic carbocycles. The van der Waals surface area contributed by atoms with Crippen molar-refractivity contribution in [3.63, 3.8) is 0 Å². The number of rotatable bonds is 2. The summed E-state index contributed by atoms with van der Waals surface area (Å²) in [6.45, 7) is 1.85. The first-order valence-corrected chi connectivity index (χ1v) is 6.04. The van der Waals surface area contributed by atoms with E-state index in [-0.39, 0.29) is 5.56 Å². The fourth-order valence-corrected chi connectivity index (χ4v) is 2.29. The number of hydrogen-bond donors (Lipinski definition) is 1. The number of halogens is 3. The highest BCUT2D eigenvalue weighted by Gasteiger charge is 2.44. The first kappa shape index (κ1) is 13.8. The van der Waals surface area contributed by atoms with Crippen LogP contribution in [-0.2, 0) is 0 Å². The first-order valence-electron chi connectivity index (χ1n) is 6.04. The summed E-state index contributed by atoms with van der Waals surface area (Å²) >= 11 is 0. The molecule has 0 radical (unpaired) electrons. The molecule has 1 aliphatic heterocycles. The number of nitrogens with one attached hydrogen (secondary N) is 1. The number of alkyl halides is 3. The van der Waals surface area contributed by atoms with Gasteiger partial charge in [0.2, 0.25) is 0 Å². The van der Waals surface area contributed by atoms with Crippen LogP contribution in [0.3, 0.4) is 0 Å². The Labute approximate surface area is 109 Å². The van der Waals surface area contributed by atoms with Gasteiger partial charge in [0.05, 0.1) is 11.6 Å². The van der Waals surface area contributed by atoms with Crippen LogP contribution in [-0.4, -0.2) is 37.3 Å². The fraction of sp³-hybridized carbons (Fsp3) is 0.462.